The van der Waals surface area contributed by atoms with Crippen LogP contribution in [0.25, 0.3) is 0 Å². The van der Waals surface area contributed by atoms with Crippen LogP contribution in [0.15, 0.2) is 24.3 Å². The average Bonchev–Trinajstić information content (AvgIpc) is 2.94. The summed E-state index contributed by atoms with van der Waals surface area (Å²) in [5, 5.41) is 10.5. The molecule has 2 saturated heterocycles. The molecule has 0 bridgehead atoms. The number of fused-ring (bicyclic) bond motifs is 1. The zero-order chi connectivity index (χ0) is 13.9. The van der Waals surface area contributed by atoms with Gasteiger partial charge in [-0.15, -0.1) is 0 Å². The zero-order valence-electron chi connectivity index (χ0n) is 12.2. The molecular weight excluding hydrogens is 252 g/mol. The van der Waals surface area contributed by atoms with E-state index in [1.165, 1.54) is 19.4 Å². The first-order valence-electron chi connectivity index (χ1n) is 7.55. The monoisotopic (exact) mass is 276 g/mol. The van der Waals surface area contributed by atoms with Crippen molar-refractivity contribution >= 4 is 0 Å². The molecule has 0 aromatic heterocycles. The highest BCUT2D eigenvalue weighted by atomic mass is 16.5. The maximum Gasteiger partial charge on any atom is 0.124 e. The summed E-state index contributed by atoms with van der Waals surface area (Å²) in [5.74, 6) is 0.777. The lowest BCUT2D eigenvalue weighted by Gasteiger charge is -2.38. The van der Waals surface area contributed by atoms with Gasteiger partial charge in [-0.2, -0.15) is 0 Å². The second-order valence-corrected chi connectivity index (χ2v) is 5.85. The van der Waals surface area contributed by atoms with E-state index < -0.39 is 6.10 Å². The van der Waals surface area contributed by atoms with Crippen molar-refractivity contribution in [1.29, 1.82) is 0 Å². The van der Waals surface area contributed by atoms with E-state index in [2.05, 4.69) is 9.80 Å². The standard InChI is InChI=1S/C16H24N2O2/c1-20-16-7-3-2-6-14(16)15(19)12-17-9-10-18-8-4-5-13(18)11-17/h2-3,6-7,13,15,19H,4-5,8-12H2,1H3. The fourth-order valence-electron chi connectivity index (χ4n) is 3.51. The van der Waals surface area contributed by atoms with Crippen LogP contribution in [0, 0.1) is 0 Å². The summed E-state index contributed by atoms with van der Waals surface area (Å²) >= 11 is 0. The Balaban J connectivity index is 1.62. The van der Waals surface area contributed by atoms with Gasteiger partial charge in [-0.1, -0.05) is 18.2 Å². The number of aliphatic hydroxyl groups excluding tert-OH is 1. The molecule has 1 aromatic rings. The minimum atomic E-state index is -0.473. The highest BCUT2D eigenvalue weighted by molar-refractivity contribution is 5.35. The van der Waals surface area contributed by atoms with Crippen molar-refractivity contribution in [2.45, 2.75) is 25.0 Å². The van der Waals surface area contributed by atoms with Gasteiger partial charge in [0, 0.05) is 37.8 Å². The van der Waals surface area contributed by atoms with E-state index in [0.717, 1.165) is 30.9 Å². The van der Waals surface area contributed by atoms with E-state index in [1.807, 2.05) is 24.3 Å². The van der Waals surface area contributed by atoms with Gasteiger partial charge in [0.1, 0.15) is 5.75 Å². The molecular formula is C16H24N2O2. The molecule has 4 heteroatoms. The average molecular weight is 276 g/mol. The molecule has 2 unspecified atom stereocenters. The van der Waals surface area contributed by atoms with Crippen LogP contribution in [-0.2, 0) is 0 Å². The SMILES string of the molecule is COc1ccccc1C(O)CN1CCN2CCCC2C1. The van der Waals surface area contributed by atoms with Crippen molar-refractivity contribution in [3.63, 3.8) is 0 Å². The number of β-amino-alcohol motifs (C(OH)–C–C–N with tert-alkyl or cyclic N) is 1. The molecule has 2 atom stereocenters. The number of piperazine rings is 1. The van der Waals surface area contributed by atoms with E-state index >= 15 is 0 Å². The van der Waals surface area contributed by atoms with Gasteiger partial charge in [0.15, 0.2) is 0 Å². The van der Waals surface area contributed by atoms with Crippen LogP contribution in [0.3, 0.4) is 0 Å². The second-order valence-electron chi connectivity index (χ2n) is 5.85. The summed E-state index contributed by atoms with van der Waals surface area (Å²) in [4.78, 5) is 4.98. The van der Waals surface area contributed by atoms with E-state index in [9.17, 15) is 5.11 Å². The highest BCUT2D eigenvalue weighted by Crippen LogP contribution is 2.27. The first-order valence-corrected chi connectivity index (χ1v) is 7.55. The molecule has 0 saturated carbocycles. The molecule has 3 rings (SSSR count). The van der Waals surface area contributed by atoms with Crippen molar-refractivity contribution < 1.29 is 9.84 Å². The van der Waals surface area contributed by atoms with Crippen LogP contribution in [0.4, 0.5) is 0 Å². The molecule has 2 aliphatic heterocycles. The van der Waals surface area contributed by atoms with Crippen LogP contribution < -0.4 is 4.74 Å². The minimum absolute atomic E-state index is 0.473. The van der Waals surface area contributed by atoms with Gasteiger partial charge in [0.05, 0.1) is 13.2 Å². The Morgan fingerprint density at radius 3 is 3.00 bits per heavy atom. The summed E-state index contributed by atoms with van der Waals surface area (Å²) in [6, 6.07) is 8.46. The fraction of sp³-hybridized carbons (Fsp3) is 0.625. The third kappa shape index (κ3) is 2.82. The van der Waals surface area contributed by atoms with Gasteiger partial charge >= 0.3 is 0 Å². The van der Waals surface area contributed by atoms with Gasteiger partial charge in [-0.3, -0.25) is 9.80 Å². The molecule has 0 spiro atoms. The second kappa shape index (κ2) is 6.12. The van der Waals surface area contributed by atoms with E-state index in [-0.39, 0.29) is 0 Å². The molecule has 1 N–H and O–H groups in total. The molecule has 4 nitrogen and oxygen atoms in total. The lowest BCUT2D eigenvalue weighted by Crippen LogP contribution is -2.50. The highest BCUT2D eigenvalue weighted by Gasteiger charge is 2.31. The van der Waals surface area contributed by atoms with Crippen LogP contribution in [0.2, 0.25) is 0 Å². The quantitative estimate of drug-likeness (QED) is 0.904. The Labute approximate surface area is 120 Å². The molecule has 0 amide bonds. The first kappa shape index (κ1) is 13.9. The normalized spacial score (nSPS) is 25.4. The fourth-order valence-corrected chi connectivity index (χ4v) is 3.51. The van der Waals surface area contributed by atoms with Crippen LogP contribution >= 0.6 is 0 Å². The van der Waals surface area contributed by atoms with Gasteiger partial charge in [-0.05, 0) is 25.5 Å². The van der Waals surface area contributed by atoms with E-state index in [4.69, 9.17) is 4.74 Å². The van der Waals surface area contributed by atoms with Crippen molar-refractivity contribution in [3.05, 3.63) is 29.8 Å². The molecule has 2 fully saturated rings. The third-order valence-corrected chi connectivity index (χ3v) is 4.60. The van der Waals surface area contributed by atoms with Crippen molar-refractivity contribution in [3.8, 4) is 5.75 Å². The van der Waals surface area contributed by atoms with Crippen molar-refractivity contribution in [2.24, 2.45) is 0 Å². The Bertz CT molecular complexity index is 452. The molecule has 0 radical (unpaired) electrons. The predicted octanol–water partition coefficient (Wildman–Crippen LogP) is 1.51. The van der Waals surface area contributed by atoms with E-state index in [1.54, 1.807) is 7.11 Å². The van der Waals surface area contributed by atoms with Gasteiger partial charge in [0.2, 0.25) is 0 Å². The summed E-state index contributed by atoms with van der Waals surface area (Å²) in [7, 11) is 1.66. The molecule has 110 valence electrons. The number of hydrogen-bond donors (Lipinski definition) is 1. The Kier molecular flexibility index (Phi) is 4.24. The number of nitrogens with zero attached hydrogens (tertiary/aromatic N) is 2. The molecule has 1 aromatic carbocycles. The number of aliphatic hydroxyl groups is 1. The lowest BCUT2D eigenvalue weighted by molar-refractivity contribution is 0.0557. The number of rotatable bonds is 4. The Morgan fingerprint density at radius 1 is 1.30 bits per heavy atom. The largest absolute Gasteiger partial charge is 0.496 e. The lowest BCUT2D eigenvalue weighted by atomic mass is 10.1. The zero-order valence-corrected chi connectivity index (χ0v) is 12.2. The summed E-state index contributed by atoms with van der Waals surface area (Å²) in [5.41, 5.74) is 0.892. The molecule has 0 aliphatic carbocycles. The van der Waals surface area contributed by atoms with Gasteiger partial charge < -0.3 is 9.84 Å². The Morgan fingerprint density at radius 2 is 2.15 bits per heavy atom. The number of hydrogen-bond acceptors (Lipinski definition) is 4. The summed E-state index contributed by atoms with van der Waals surface area (Å²) in [6.45, 7) is 5.25. The van der Waals surface area contributed by atoms with Gasteiger partial charge in [-0.25, -0.2) is 0 Å². The maximum atomic E-state index is 10.5. The summed E-state index contributed by atoms with van der Waals surface area (Å²) in [6.07, 6.45) is 2.16. The number of methoxy groups -OCH3 is 1. The minimum Gasteiger partial charge on any atom is -0.496 e. The first-order chi connectivity index (χ1) is 9.78. The summed E-state index contributed by atoms with van der Waals surface area (Å²) < 4.78 is 5.34. The number of para-hydroxylation sites is 1. The Hall–Kier alpha value is -1.10. The topological polar surface area (TPSA) is 35.9 Å². The van der Waals surface area contributed by atoms with Crippen LogP contribution in [0.5, 0.6) is 5.75 Å². The molecule has 2 heterocycles. The smallest absolute Gasteiger partial charge is 0.124 e. The maximum absolute atomic E-state index is 10.5. The van der Waals surface area contributed by atoms with Crippen LogP contribution in [0.1, 0.15) is 24.5 Å². The van der Waals surface area contributed by atoms with Crippen molar-refractivity contribution in [1.82, 2.24) is 9.80 Å². The molecule has 2 aliphatic rings. The molecule has 20 heavy (non-hydrogen) atoms. The van der Waals surface area contributed by atoms with Crippen molar-refractivity contribution in [2.75, 3.05) is 39.8 Å². The number of ether oxygens (including phenoxy) is 1. The van der Waals surface area contributed by atoms with E-state index in [0.29, 0.717) is 12.6 Å². The van der Waals surface area contributed by atoms with Gasteiger partial charge in [0.25, 0.3) is 0 Å². The predicted molar refractivity (Wildman–Crippen MR) is 79.0 cm³/mol. The number of benzene rings is 1. The van der Waals surface area contributed by atoms with Crippen LogP contribution in [-0.4, -0.2) is 60.8 Å². The third-order valence-electron chi connectivity index (χ3n) is 4.60.